The van der Waals surface area contributed by atoms with Gasteiger partial charge in [-0.3, -0.25) is 0 Å². The van der Waals surface area contributed by atoms with Gasteiger partial charge in [0.15, 0.2) is 0 Å². The van der Waals surface area contributed by atoms with Crippen LogP contribution in [-0.2, 0) is 4.74 Å². The molecule has 78 valence electrons. The zero-order valence-corrected chi connectivity index (χ0v) is 9.87. The molecule has 1 aliphatic rings. The Hall–Kier alpha value is -0.0400. The summed E-state index contributed by atoms with van der Waals surface area (Å²) in [6.07, 6.45) is 0.889. The van der Waals surface area contributed by atoms with Gasteiger partial charge in [-0.05, 0) is 30.6 Å². The molecule has 0 aromatic heterocycles. The predicted octanol–water partition coefficient (Wildman–Crippen LogP) is 3.34. The van der Waals surface area contributed by atoms with Crippen LogP contribution in [0.15, 0.2) is 0 Å². The van der Waals surface area contributed by atoms with Crippen LogP contribution in [0, 0.1) is 23.7 Å². The van der Waals surface area contributed by atoms with E-state index in [-0.39, 0.29) is 0 Å². The second-order valence-electron chi connectivity index (χ2n) is 5.13. The lowest BCUT2D eigenvalue weighted by atomic mass is 9.74. The molecule has 0 aliphatic carbocycles. The van der Waals surface area contributed by atoms with Gasteiger partial charge in [0.2, 0.25) is 0 Å². The fourth-order valence-electron chi connectivity index (χ4n) is 2.47. The van der Waals surface area contributed by atoms with Crippen LogP contribution in [0.5, 0.6) is 0 Å². The fraction of sp³-hybridized carbons (Fsp3) is 1.00. The van der Waals surface area contributed by atoms with Crippen molar-refractivity contribution >= 4 is 0 Å². The molecule has 1 aliphatic heterocycles. The molecule has 1 heterocycles. The molecule has 0 aromatic rings. The third-order valence-corrected chi connectivity index (χ3v) is 3.95. The molecule has 0 amide bonds. The fourth-order valence-corrected chi connectivity index (χ4v) is 2.47. The second-order valence-corrected chi connectivity index (χ2v) is 5.13. The molecule has 1 fully saturated rings. The molecule has 0 radical (unpaired) electrons. The largest absolute Gasteiger partial charge is 0.374 e. The summed E-state index contributed by atoms with van der Waals surface area (Å²) in [5.41, 5.74) is 0. The summed E-state index contributed by atoms with van der Waals surface area (Å²) in [7, 11) is 0. The standard InChI is InChI=1S/C12H24O/c1-7(2)12-10(5)8(3)9(4)11(6)13-12/h7-12H,1-6H3/t8-,9-,10-,11-,12-/m1/s1. The van der Waals surface area contributed by atoms with Crippen molar-refractivity contribution in [3.05, 3.63) is 0 Å². The highest BCUT2D eigenvalue weighted by Crippen LogP contribution is 2.37. The molecule has 5 atom stereocenters. The highest BCUT2D eigenvalue weighted by Gasteiger charge is 2.37. The molecule has 1 rings (SSSR count). The van der Waals surface area contributed by atoms with Crippen LogP contribution in [0.4, 0.5) is 0 Å². The molecule has 0 bridgehead atoms. The van der Waals surface area contributed by atoms with E-state index >= 15 is 0 Å². The molecule has 1 nitrogen and oxygen atoms in total. The monoisotopic (exact) mass is 184 g/mol. The molecule has 1 heteroatoms. The highest BCUT2D eigenvalue weighted by atomic mass is 16.5. The van der Waals surface area contributed by atoms with Crippen molar-refractivity contribution in [3.8, 4) is 0 Å². The molecule has 0 unspecified atom stereocenters. The lowest BCUT2D eigenvalue weighted by molar-refractivity contribution is -0.141. The van der Waals surface area contributed by atoms with Crippen LogP contribution in [0.25, 0.3) is 0 Å². The topological polar surface area (TPSA) is 9.23 Å². The third-order valence-electron chi connectivity index (χ3n) is 3.95. The normalized spacial score (nSPS) is 46.8. The maximum Gasteiger partial charge on any atom is 0.0629 e. The quantitative estimate of drug-likeness (QED) is 0.607. The van der Waals surface area contributed by atoms with Crippen molar-refractivity contribution in [2.75, 3.05) is 0 Å². The number of ether oxygens (including phenoxy) is 1. The van der Waals surface area contributed by atoms with E-state index in [0.717, 1.165) is 5.92 Å². The highest BCUT2D eigenvalue weighted by molar-refractivity contribution is 4.85. The summed E-state index contributed by atoms with van der Waals surface area (Å²) in [6.45, 7) is 13.7. The predicted molar refractivity (Wildman–Crippen MR) is 56.7 cm³/mol. The van der Waals surface area contributed by atoms with Gasteiger partial charge in [-0.2, -0.15) is 0 Å². The van der Waals surface area contributed by atoms with Gasteiger partial charge in [-0.25, -0.2) is 0 Å². The summed E-state index contributed by atoms with van der Waals surface area (Å²) in [5.74, 6) is 2.83. The SMILES string of the molecule is CC(C)[C@H]1O[C@H](C)[C@H](C)[C@@H](C)[C@H]1C. The summed E-state index contributed by atoms with van der Waals surface area (Å²) < 4.78 is 6.04. The third kappa shape index (κ3) is 2.07. The molecule has 13 heavy (non-hydrogen) atoms. The van der Waals surface area contributed by atoms with E-state index in [2.05, 4.69) is 41.5 Å². The Balaban J connectivity index is 2.70. The Kier molecular flexibility index (Phi) is 3.39. The molecule has 0 N–H and O–H groups in total. The van der Waals surface area contributed by atoms with Crippen molar-refractivity contribution < 1.29 is 4.74 Å². The van der Waals surface area contributed by atoms with E-state index in [0.29, 0.717) is 30.0 Å². The Morgan fingerprint density at radius 3 is 1.85 bits per heavy atom. The maximum atomic E-state index is 6.04. The van der Waals surface area contributed by atoms with Gasteiger partial charge >= 0.3 is 0 Å². The zero-order chi connectivity index (χ0) is 10.2. The van der Waals surface area contributed by atoms with E-state index in [9.17, 15) is 0 Å². The Morgan fingerprint density at radius 2 is 1.38 bits per heavy atom. The number of hydrogen-bond acceptors (Lipinski definition) is 1. The molecule has 0 saturated carbocycles. The zero-order valence-electron chi connectivity index (χ0n) is 9.87. The molecule has 1 saturated heterocycles. The average Bonchev–Trinajstić information content (AvgIpc) is 2.07. The molecular weight excluding hydrogens is 160 g/mol. The van der Waals surface area contributed by atoms with Gasteiger partial charge in [0.05, 0.1) is 12.2 Å². The van der Waals surface area contributed by atoms with Crippen LogP contribution >= 0.6 is 0 Å². The van der Waals surface area contributed by atoms with E-state index < -0.39 is 0 Å². The van der Waals surface area contributed by atoms with Gasteiger partial charge in [0, 0.05) is 0 Å². The van der Waals surface area contributed by atoms with Crippen molar-refractivity contribution in [1.29, 1.82) is 0 Å². The summed E-state index contributed by atoms with van der Waals surface area (Å²) in [5, 5.41) is 0. The van der Waals surface area contributed by atoms with E-state index in [4.69, 9.17) is 4.74 Å². The summed E-state index contributed by atoms with van der Waals surface area (Å²) in [6, 6.07) is 0. The lowest BCUT2D eigenvalue weighted by Gasteiger charge is -2.44. The first kappa shape index (κ1) is 11.0. The van der Waals surface area contributed by atoms with E-state index in [1.807, 2.05) is 0 Å². The number of rotatable bonds is 1. The summed E-state index contributed by atoms with van der Waals surface area (Å²) in [4.78, 5) is 0. The van der Waals surface area contributed by atoms with Crippen LogP contribution < -0.4 is 0 Å². The molecule has 0 aromatic carbocycles. The van der Waals surface area contributed by atoms with Gasteiger partial charge in [-0.1, -0.05) is 34.6 Å². The van der Waals surface area contributed by atoms with E-state index in [1.54, 1.807) is 0 Å². The Labute approximate surface area is 82.9 Å². The average molecular weight is 184 g/mol. The van der Waals surface area contributed by atoms with Gasteiger partial charge in [-0.15, -0.1) is 0 Å². The minimum Gasteiger partial charge on any atom is -0.374 e. The lowest BCUT2D eigenvalue weighted by Crippen LogP contribution is -2.45. The van der Waals surface area contributed by atoms with Crippen molar-refractivity contribution in [2.24, 2.45) is 23.7 Å². The van der Waals surface area contributed by atoms with Crippen LogP contribution in [0.2, 0.25) is 0 Å². The van der Waals surface area contributed by atoms with Crippen LogP contribution in [0.3, 0.4) is 0 Å². The van der Waals surface area contributed by atoms with Crippen LogP contribution in [0.1, 0.15) is 41.5 Å². The first-order valence-electron chi connectivity index (χ1n) is 5.60. The summed E-state index contributed by atoms with van der Waals surface area (Å²) >= 11 is 0. The minimum atomic E-state index is 0.429. The Morgan fingerprint density at radius 1 is 0.846 bits per heavy atom. The second kappa shape index (κ2) is 4.00. The first-order chi connectivity index (χ1) is 5.95. The minimum absolute atomic E-state index is 0.429. The van der Waals surface area contributed by atoms with E-state index in [1.165, 1.54) is 0 Å². The van der Waals surface area contributed by atoms with Crippen LogP contribution in [-0.4, -0.2) is 12.2 Å². The van der Waals surface area contributed by atoms with Crippen molar-refractivity contribution in [3.63, 3.8) is 0 Å². The Bertz CT molecular complexity index is 165. The number of hydrogen-bond donors (Lipinski definition) is 0. The smallest absolute Gasteiger partial charge is 0.0629 e. The molecule has 0 spiro atoms. The van der Waals surface area contributed by atoms with Gasteiger partial charge in [0.25, 0.3) is 0 Å². The van der Waals surface area contributed by atoms with Gasteiger partial charge < -0.3 is 4.74 Å². The van der Waals surface area contributed by atoms with Crippen molar-refractivity contribution in [2.45, 2.75) is 53.8 Å². The maximum absolute atomic E-state index is 6.04. The molecular formula is C12H24O. The van der Waals surface area contributed by atoms with Gasteiger partial charge in [0.1, 0.15) is 0 Å². The van der Waals surface area contributed by atoms with Crippen molar-refractivity contribution in [1.82, 2.24) is 0 Å². The first-order valence-corrected chi connectivity index (χ1v) is 5.60.